The number of hydrogen-bond acceptors (Lipinski definition) is 5. The van der Waals surface area contributed by atoms with Crippen LogP contribution in [-0.4, -0.2) is 49.1 Å². The first-order chi connectivity index (χ1) is 15.4. The summed E-state index contributed by atoms with van der Waals surface area (Å²) in [6.45, 7) is 7.17. The number of methoxy groups -OCH3 is 2. The molecule has 0 heterocycles. The van der Waals surface area contributed by atoms with Gasteiger partial charge in [-0.15, -0.1) is 0 Å². The number of benzene rings is 2. The summed E-state index contributed by atoms with van der Waals surface area (Å²) in [5, 5.41) is 3.69. The summed E-state index contributed by atoms with van der Waals surface area (Å²) in [6, 6.07) is 9.33. The van der Waals surface area contributed by atoms with Gasteiger partial charge in [0.15, 0.2) is 6.61 Å². The van der Waals surface area contributed by atoms with Crippen LogP contribution in [0.3, 0.4) is 0 Å². The van der Waals surface area contributed by atoms with Crippen LogP contribution in [0.25, 0.3) is 0 Å². The Balaban J connectivity index is 2.24. The van der Waals surface area contributed by atoms with Crippen molar-refractivity contribution in [1.82, 2.24) is 10.2 Å². The van der Waals surface area contributed by atoms with Crippen LogP contribution in [0.15, 0.2) is 36.4 Å². The van der Waals surface area contributed by atoms with E-state index in [1.807, 2.05) is 20.8 Å². The van der Waals surface area contributed by atoms with Gasteiger partial charge in [-0.3, -0.25) is 9.59 Å². The van der Waals surface area contributed by atoms with E-state index in [1.54, 1.807) is 43.3 Å². The van der Waals surface area contributed by atoms with E-state index in [9.17, 15) is 9.59 Å². The molecule has 0 bridgehead atoms. The topological polar surface area (TPSA) is 77.1 Å². The van der Waals surface area contributed by atoms with Crippen LogP contribution < -0.4 is 19.5 Å². The number of amides is 2. The Morgan fingerprint density at radius 1 is 0.970 bits per heavy atom. The fraction of sp³-hybridized carbons (Fsp3) is 0.417. The summed E-state index contributed by atoms with van der Waals surface area (Å²) in [5.74, 6) is 0.809. The third-order valence-corrected chi connectivity index (χ3v) is 5.43. The molecular formula is C24H30Cl2N2O5. The summed E-state index contributed by atoms with van der Waals surface area (Å²) in [5.41, 5.74) is 0.285. The van der Waals surface area contributed by atoms with Gasteiger partial charge in [-0.1, -0.05) is 29.3 Å². The molecule has 0 aliphatic heterocycles. The molecule has 0 spiro atoms. The molecule has 2 rings (SSSR count). The molecular weight excluding hydrogens is 467 g/mol. The molecule has 180 valence electrons. The lowest BCUT2D eigenvalue weighted by molar-refractivity contribution is -0.142. The van der Waals surface area contributed by atoms with Gasteiger partial charge in [-0.25, -0.2) is 0 Å². The van der Waals surface area contributed by atoms with Crippen molar-refractivity contribution in [2.45, 2.75) is 45.8 Å². The van der Waals surface area contributed by atoms with Gasteiger partial charge in [0.1, 0.15) is 23.3 Å². The molecule has 0 saturated carbocycles. The Hall–Kier alpha value is -2.64. The van der Waals surface area contributed by atoms with E-state index in [-0.39, 0.29) is 25.0 Å². The second-order valence-corrected chi connectivity index (χ2v) is 9.34. The highest BCUT2D eigenvalue weighted by Crippen LogP contribution is 2.28. The molecule has 1 unspecified atom stereocenters. The summed E-state index contributed by atoms with van der Waals surface area (Å²) < 4.78 is 16.2. The first-order valence-electron chi connectivity index (χ1n) is 10.3. The number of ether oxygens (including phenoxy) is 3. The van der Waals surface area contributed by atoms with Crippen molar-refractivity contribution in [2.75, 3.05) is 20.8 Å². The fourth-order valence-corrected chi connectivity index (χ4v) is 3.30. The van der Waals surface area contributed by atoms with Gasteiger partial charge >= 0.3 is 0 Å². The predicted molar refractivity (Wildman–Crippen MR) is 129 cm³/mol. The van der Waals surface area contributed by atoms with E-state index in [1.165, 1.54) is 19.1 Å². The standard InChI is InChI=1S/C24H30Cl2N2O5/c1-15(23(30)27-24(2,3)4)28(13-16-7-8-20(25)21(26)9-16)22(29)14-33-19-11-17(31-5)10-18(12-19)32-6/h7-12,15H,13-14H2,1-6H3,(H,27,30). The highest BCUT2D eigenvalue weighted by molar-refractivity contribution is 6.42. The smallest absolute Gasteiger partial charge is 0.261 e. The Morgan fingerprint density at radius 2 is 1.55 bits per heavy atom. The molecule has 1 atom stereocenters. The van der Waals surface area contributed by atoms with E-state index in [0.29, 0.717) is 27.3 Å². The number of carbonyl (C=O) groups is 2. The van der Waals surface area contributed by atoms with Crippen LogP contribution in [0.2, 0.25) is 10.0 Å². The second-order valence-electron chi connectivity index (χ2n) is 8.52. The quantitative estimate of drug-likeness (QED) is 0.543. The molecule has 9 heteroatoms. The van der Waals surface area contributed by atoms with E-state index in [4.69, 9.17) is 37.4 Å². The molecule has 0 aromatic heterocycles. The Kier molecular flexibility index (Phi) is 9.25. The number of halogens is 2. The number of nitrogens with one attached hydrogen (secondary N) is 1. The van der Waals surface area contributed by atoms with E-state index in [0.717, 1.165) is 5.56 Å². The molecule has 0 aliphatic rings. The minimum atomic E-state index is -0.755. The summed E-state index contributed by atoms with van der Waals surface area (Å²) in [4.78, 5) is 27.5. The van der Waals surface area contributed by atoms with Gasteiger partial charge in [0.2, 0.25) is 5.91 Å². The first-order valence-corrected chi connectivity index (χ1v) is 11.1. The number of nitrogens with zero attached hydrogens (tertiary/aromatic N) is 1. The molecule has 2 aromatic carbocycles. The Labute approximate surface area is 204 Å². The van der Waals surface area contributed by atoms with Crippen LogP contribution in [-0.2, 0) is 16.1 Å². The third-order valence-electron chi connectivity index (χ3n) is 4.69. The van der Waals surface area contributed by atoms with Gasteiger partial charge in [-0.05, 0) is 45.4 Å². The maximum absolute atomic E-state index is 13.2. The Bertz CT molecular complexity index is 969. The third kappa shape index (κ3) is 8.02. The zero-order valence-electron chi connectivity index (χ0n) is 19.7. The summed E-state index contributed by atoms with van der Waals surface area (Å²) >= 11 is 12.2. The van der Waals surface area contributed by atoms with Crippen molar-refractivity contribution in [2.24, 2.45) is 0 Å². The highest BCUT2D eigenvalue weighted by Gasteiger charge is 2.29. The Morgan fingerprint density at radius 3 is 2.06 bits per heavy atom. The van der Waals surface area contributed by atoms with Crippen LogP contribution in [0, 0.1) is 0 Å². The van der Waals surface area contributed by atoms with Crippen LogP contribution in [0.4, 0.5) is 0 Å². The molecule has 1 N–H and O–H groups in total. The normalized spacial score (nSPS) is 12.0. The lowest BCUT2D eigenvalue weighted by Crippen LogP contribution is -2.53. The second kappa shape index (κ2) is 11.5. The van der Waals surface area contributed by atoms with Crippen molar-refractivity contribution in [3.63, 3.8) is 0 Å². The maximum atomic E-state index is 13.2. The number of hydrogen-bond donors (Lipinski definition) is 1. The van der Waals surface area contributed by atoms with Gasteiger partial charge < -0.3 is 24.4 Å². The van der Waals surface area contributed by atoms with Crippen molar-refractivity contribution in [3.8, 4) is 17.2 Å². The average Bonchev–Trinajstić information content (AvgIpc) is 2.76. The van der Waals surface area contributed by atoms with Crippen molar-refractivity contribution >= 4 is 35.0 Å². The minimum absolute atomic E-state index is 0.152. The fourth-order valence-electron chi connectivity index (χ4n) is 2.98. The largest absolute Gasteiger partial charge is 0.496 e. The van der Waals surface area contributed by atoms with Crippen molar-refractivity contribution in [3.05, 3.63) is 52.0 Å². The molecule has 0 fully saturated rings. The minimum Gasteiger partial charge on any atom is -0.496 e. The van der Waals surface area contributed by atoms with E-state index < -0.39 is 11.6 Å². The zero-order chi connectivity index (χ0) is 24.8. The van der Waals surface area contributed by atoms with Gasteiger partial charge in [-0.2, -0.15) is 0 Å². The van der Waals surface area contributed by atoms with E-state index in [2.05, 4.69) is 5.32 Å². The SMILES string of the molecule is COc1cc(OC)cc(OCC(=O)N(Cc2ccc(Cl)c(Cl)c2)C(C)C(=O)NC(C)(C)C)c1. The van der Waals surface area contributed by atoms with Gasteiger partial charge in [0.05, 0.1) is 24.3 Å². The number of rotatable bonds is 9. The zero-order valence-corrected chi connectivity index (χ0v) is 21.2. The van der Waals surface area contributed by atoms with Crippen molar-refractivity contribution < 1.29 is 23.8 Å². The predicted octanol–water partition coefficient (Wildman–Crippen LogP) is 4.72. The highest BCUT2D eigenvalue weighted by atomic mass is 35.5. The van der Waals surface area contributed by atoms with Gasteiger partial charge in [0.25, 0.3) is 5.91 Å². The number of carbonyl (C=O) groups excluding carboxylic acids is 2. The van der Waals surface area contributed by atoms with Gasteiger partial charge in [0, 0.05) is 30.3 Å². The summed E-state index contributed by atoms with van der Waals surface area (Å²) in [6.07, 6.45) is 0. The van der Waals surface area contributed by atoms with Crippen LogP contribution in [0.5, 0.6) is 17.2 Å². The van der Waals surface area contributed by atoms with E-state index >= 15 is 0 Å². The van der Waals surface area contributed by atoms with Crippen LogP contribution >= 0.6 is 23.2 Å². The lowest BCUT2D eigenvalue weighted by atomic mass is 10.1. The molecule has 33 heavy (non-hydrogen) atoms. The molecule has 0 aliphatic carbocycles. The average molecular weight is 497 g/mol. The molecule has 0 saturated heterocycles. The van der Waals surface area contributed by atoms with Crippen LogP contribution in [0.1, 0.15) is 33.3 Å². The van der Waals surface area contributed by atoms with Crippen molar-refractivity contribution in [1.29, 1.82) is 0 Å². The summed E-state index contributed by atoms with van der Waals surface area (Å²) in [7, 11) is 3.05. The lowest BCUT2D eigenvalue weighted by Gasteiger charge is -2.31. The molecule has 7 nitrogen and oxygen atoms in total. The monoisotopic (exact) mass is 496 g/mol. The first kappa shape index (κ1) is 26.6. The molecule has 0 radical (unpaired) electrons. The molecule has 2 amide bonds. The molecule has 2 aromatic rings. The maximum Gasteiger partial charge on any atom is 0.261 e.